The molecule has 0 aliphatic carbocycles. The van der Waals surface area contributed by atoms with E-state index in [1.165, 1.54) is 0 Å². The Kier molecular flexibility index (Phi) is 6.22. The summed E-state index contributed by atoms with van der Waals surface area (Å²) in [7, 11) is 0. The van der Waals surface area contributed by atoms with Crippen LogP contribution in [-0.2, 0) is 5.60 Å². The van der Waals surface area contributed by atoms with Crippen molar-refractivity contribution >= 4 is 0 Å². The SMILES string of the molecule is CC#Cc1ccccc1C(O)(C#Cc1cccc(C)c1)C#Cc1cccc(C)c1. The molecule has 0 saturated heterocycles. The van der Waals surface area contributed by atoms with Crippen LogP contribution >= 0.6 is 0 Å². The van der Waals surface area contributed by atoms with E-state index in [9.17, 15) is 5.11 Å². The molecule has 0 radical (unpaired) electrons. The van der Waals surface area contributed by atoms with Crippen LogP contribution in [0.1, 0.15) is 40.3 Å². The van der Waals surface area contributed by atoms with Crippen molar-refractivity contribution in [1.29, 1.82) is 0 Å². The van der Waals surface area contributed by atoms with Gasteiger partial charge >= 0.3 is 0 Å². The summed E-state index contributed by atoms with van der Waals surface area (Å²) >= 11 is 0. The first-order chi connectivity index (χ1) is 14.0. The van der Waals surface area contributed by atoms with Crippen LogP contribution in [-0.4, -0.2) is 5.11 Å². The first-order valence-corrected chi connectivity index (χ1v) is 9.44. The molecule has 0 atom stereocenters. The van der Waals surface area contributed by atoms with Gasteiger partial charge < -0.3 is 5.11 Å². The second kappa shape index (κ2) is 8.99. The molecular formula is C28H22O. The highest BCUT2D eigenvalue weighted by Crippen LogP contribution is 2.24. The fourth-order valence-electron chi connectivity index (χ4n) is 2.98. The van der Waals surface area contributed by atoms with E-state index in [1.807, 2.05) is 86.6 Å². The molecule has 0 amide bonds. The van der Waals surface area contributed by atoms with Gasteiger partial charge in [-0.25, -0.2) is 0 Å². The zero-order chi connectivity index (χ0) is 20.7. The largest absolute Gasteiger partial charge is 0.363 e. The molecule has 3 aromatic carbocycles. The van der Waals surface area contributed by atoms with Crippen molar-refractivity contribution in [2.75, 3.05) is 0 Å². The Morgan fingerprint density at radius 1 is 0.690 bits per heavy atom. The first kappa shape index (κ1) is 20.0. The Balaban J connectivity index is 2.15. The Bertz CT molecular complexity index is 1150. The Morgan fingerprint density at radius 2 is 1.24 bits per heavy atom. The quantitative estimate of drug-likeness (QED) is 0.597. The summed E-state index contributed by atoms with van der Waals surface area (Å²) in [5.41, 5.74) is 3.56. The van der Waals surface area contributed by atoms with Gasteiger partial charge in [-0.05, 0) is 74.1 Å². The van der Waals surface area contributed by atoms with E-state index >= 15 is 0 Å². The average Bonchev–Trinajstić information content (AvgIpc) is 2.72. The van der Waals surface area contributed by atoms with Crippen molar-refractivity contribution in [3.63, 3.8) is 0 Å². The summed E-state index contributed by atoms with van der Waals surface area (Å²) < 4.78 is 0. The van der Waals surface area contributed by atoms with Gasteiger partial charge in [0.25, 0.3) is 0 Å². The molecule has 1 nitrogen and oxygen atoms in total. The molecule has 3 aromatic rings. The van der Waals surface area contributed by atoms with Crippen LogP contribution in [0, 0.1) is 49.4 Å². The predicted molar refractivity (Wildman–Crippen MR) is 119 cm³/mol. The number of hydrogen-bond donors (Lipinski definition) is 1. The van der Waals surface area contributed by atoms with E-state index in [4.69, 9.17) is 0 Å². The summed E-state index contributed by atoms with van der Waals surface area (Å²) in [4.78, 5) is 0. The van der Waals surface area contributed by atoms with Gasteiger partial charge in [0.2, 0.25) is 5.60 Å². The predicted octanol–water partition coefficient (Wildman–Crippen LogP) is 4.97. The lowest BCUT2D eigenvalue weighted by Crippen LogP contribution is -2.23. The molecule has 0 heterocycles. The van der Waals surface area contributed by atoms with Crippen molar-refractivity contribution in [3.8, 4) is 35.5 Å². The molecule has 0 spiro atoms. The van der Waals surface area contributed by atoms with Gasteiger partial charge in [-0.15, -0.1) is 5.92 Å². The molecule has 140 valence electrons. The van der Waals surface area contributed by atoms with E-state index in [1.54, 1.807) is 6.92 Å². The minimum atomic E-state index is -1.64. The lowest BCUT2D eigenvalue weighted by Gasteiger charge is -2.18. The molecule has 3 rings (SSSR count). The van der Waals surface area contributed by atoms with E-state index < -0.39 is 5.60 Å². The highest BCUT2D eigenvalue weighted by atomic mass is 16.3. The number of hydrogen-bond acceptors (Lipinski definition) is 1. The third kappa shape index (κ3) is 5.18. The lowest BCUT2D eigenvalue weighted by atomic mass is 9.90. The minimum Gasteiger partial charge on any atom is -0.363 e. The van der Waals surface area contributed by atoms with Gasteiger partial charge in [0, 0.05) is 22.3 Å². The molecule has 0 aliphatic rings. The van der Waals surface area contributed by atoms with Crippen LogP contribution in [0.4, 0.5) is 0 Å². The first-order valence-electron chi connectivity index (χ1n) is 9.44. The standard InChI is InChI=1S/C28H22O/c1-4-9-26-14-5-6-15-27(26)28(29,18-16-24-12-7-10-22(2)20-24)19-17-25-13-8-11-23(3)21-25/h5-8,10-15,20-21,29H,1-3H3. The average molecular weight is 374 g/mol. The normalized spacial score (nSPS) is 9.93. The zero-order valence-electron chi connectivity index (χ0n) is 16.9. The Labute approximate surface area is 173 Å². The van der Waals surface area contributed by atoms with E-state index in [-0.39, 0.29) is 0 Å². The molecule has 0 saturated carbocycles. The molecule has 0 unspecified atom stereocenters. The molecule has 0 fully saturated rings. The van der Waals surface area contributed by atoms with Crippen molar-refractivity contribution in [1.82, 2.24) is 0 Å². The maximum Gasteiger partial charge on any atom is 0.215 e. The van der Waals surface area contributed by atoms with Crippen LogP contribution in [0.25, 0.3) is 0 Å². The van der Waals surface area contributed by atoms with E-state index in [0.717, 1.165) is 27.8 Å². The summed E-state index contributed by atoms with van der Waals surface area (Å²) in [5, 5.41) is 11.5. The molecule has 0 aromatic heterocycles. The maximum atomic E-state index is 11.5. The van der Waals surface area contributed by atoms with Crippen molar-refractivity contribution in [3.05, 3.63) is 106 Å². The summed E-state index contributed by atoms with van der Waals surface area (Å²) in [5.74, 6) is 18.1. The fraction of sp³-hybridized carbons (Fsp3) is 0.143. The van der Waals surface area contributed by atoms with Crippen LogP contribution in [0.15, 0.2) is 72.8 Å². The summed E-state index contributed by atoms with van der Waals surface area (Å²) in [6, 6.07) is 23.2. The highest BCUT2D eigenvalue weighted by molar-refractivity contribution is 5.55. The Morgan fingerprint density at radius 3 is 1.76 bits per heavy atom. The zero-order valence-corrected chi connectivity index (χ0v) is 16.9. The van der Waals surface area contributed by atoms with Gasteiger partial charge in [-0.3, -0.25) is 0 Å². The smallest absolute Gasteiger partial charge is 0.215 e. The van der Waals surface area contributed by atoms with Gasteiger partial charge in [-0.1, -0.05) is 60.2 Å². The molecule has 29 heavy (non-hydrogen) atoms. The van der Waals surface area contributed by atoms with Gasteiger partial charge in [0.05, 0.1) is 0 Å². The molecule has 1 heteroatoms. The number of rotatable bonds is 1. The fourth-order valence-corrected chi connectivity index (χ4v) is 2.98. The second-order valence-corrected chi connectivity index (χ2v) is 6.87. The van der Waals surface area contributed by atoms with Crippen LogP contribution in [0.2, 0.25) is 0 Å². The lowest BCUT2D eigenvalue weighted by molar-refractivity contribution is 0.164. The Hall–Kier alpha value is -3.70. The molecule has 1 N–H and O–H groups in total. The van der Waals surface area contributed by atoms with E-state index in [2.05, 4.69) is 35.5 Å². The van der Waals surface area contributed by atoms with Crippen molar-refractivity contribution < 1.29 is 5.11 Å². The van der Waals surface area contributed by atoms with Crippen molar-refractivity contribution in [2.45, 2.75) is 26.4 Å². The number of aliphatic hydroxyl groups is 1. The summed E-state index contributed by atoms with van der Waals surface area (Å²) in [6.07, 6.45) is 0. The molecule has 0 aliphatic heterocycles. The third-order valence-electron chi connectivity index (χ3n) is 4.39. The summed E-state index contributed by atoms with van der Waals surface area (Å²) in [6.45, 7) is 5.80. The number of benzene rings is 3. The molecular weight excluding hydrogens is 352 g/mol. The van der Waals surface area contributed by atoms with Crippen LogP contribution in [0.3, 0.4) is 0 Å². The number of aryl methyl sites for hydroxylation is 2. The monoisotopic (exact) mass is 374 g/mol. The van der Waals surface area contributed by atoms with E-state index in [0.29, 0.717) is 5.56 Å². The maximum absolute atomic E-state index is 11.5. The second-order valence-electron chi connectivity index (χ2n) is 6.87. The van der Waals surface area contributed by atoms with Gasteiger partial charge in [0.1, 0.15) is 0 Å². The van der Waals surface area contributed by atoms with Gasteiger partial charge in [0.15, 0.2) is 0 Å². The highest BCUT2D eigenvalue weighted by Gasteiger charge is 2.27. The van der Waals surface area contributed by atoms with Crippen LogP contribution < -0.4 is 0 Å². The minimum absolute atomic E-state index is 0.592. The molecule has 0 bridgehead atoms. The van der Waals surface area contributed by atoms with Crippen molar-refractivity contribution in [2.24, 2.45) is 0 Å². The van der Waals surface area contributed by atoms with Gasteiger partial charge in [-0.2, -0.15) is 0 Å². The third-order valence-corrected chi connectivity index (χ3v) is 4.39. The van der Waals surface area contributed by atoms with Crippen LogP contribution in [0.5, 0.6) is 0 Å². The topological polar surface area (TPSA) is 20.2 Å².